The first kappa shape index (κ1) is 17.0. The second-order valence-corrected chi connectivity index (χ2v) is 8.10. The van der Waals surface area contributed by atoms with Gasteiger partial charge in [-0.05, 0) is 65.3 Å². The normalized spacial score (nSPS) is 33.2. The number of nitrogens with zero attached hydrogens (tertiary/aromatic N) is 1. The van der Waals surface area contributed by atoms with Crippen LogP contribution < -0.4 is 5.32 Å². The van der Waals surface area contributed by atoms with Gasteiger partial charge in [0.15, 0.2) is 0 Å². The van der Waals surface area contributed by atoms with Gasteiger partial charge in [0.25, 0.3) is 0 Å². The zero-order chi connectivity index (χ0) is 14.8. The molecule has 2 heteroatoms. The van der Waals surface area contributed by atoms with Crippen molar-refractivity contribution in [1.29, 1.82) is 0 Å². The maximum absolute atomic E-state index is 3.65. The number of hydrogen-bond acceptors (Lipinski definition) is 2. The SMILES string of the molecule is CC1CC(C)C(C)N(C(C)C(C)CNC(C)(C)C)C1. The zero-order valence-electron chi connectivity index (χ0n) is 14.5. The van der Waals surface area contributed by atoms with Gasteiger partial charge < -0.3 is 5.32 Å². The molecule has 0 radical (unpaired) electrons. The van der Waals surface area contributed by atoms with Crippen molar-refractivity contribution in [2.45, 2.75) is 79.4 Å². The van der Waals surface area contributed by atoms with Gasteiger partial charge in [-0.15, -0.1) is 0 Å². The monoisotopic (exact) mass is 268 g/mol. The summed E-state index contributed by atoms with van der Waals surface area (Å²) < 4.78 is 0. The second-order valence-electron chi connectivity index (χ2n) is 8.10. The van der Waals surface area contributed by atoms with Crippen molar-refractivity contribution in [3.05, 3.63) is 0 Å². The molecule has 0 bridgehead atoms. The summed E-state index contributed by atoms with van der Waals surface area (Å²) in [6.45, 7) is 21.2. The highest BCUT2D eigenvalue weighted by Crippen LogP contribution is 2.30. The van der Waals surface area contributed by atoms with Crippen LogP contribution in [0.3, 0.4) is 0 Å². The highest BCUT2D eigenvalue weighted by molar-refractivity contribution is 4.87. The first-order chi connectivity index (χ1) is 8.61. The van der Waals surface area contributed by atoms with Crippen molar-refractivity contribution < 1.29 is 0 Å². The Hall–Kier alpha value is -0.0800. The lowest BCUT2D eigenvalue weighted by Crippen LogP contribution is -2.53. The summed E-state index contributed by atoms with van der Waals surface area (Å²) in [4.78, 5) is 2.74. The molecule has 1 aliphatic rings. The van der Waals surface area contributed by atoms with Crippen LogP contribution >= 0.6 is 0 Å². The Morgan fingerprint density at radius 1 is 1.16 bits per heavy atom. The molecule has 0 aromatic heterocycles. The lowest BCUT2D eigenvalue weighted by molar-refractivity contribution is 0.0260. The van der Waals surface area contributed by atoms with E-state index in [1.165, 1.54) is 13.0 Å². The van der Waals surface area contributed by atoms with E-state index in [-0.39, 0.29) is 5.54 Å². The summed E-state index contributed by atoms with van der Waals surface area (Å²) in [7, 11) is 0. The fraction of sp³-hybridized carbons (Fsp3) is 1.00. The average molecular weight is 268 g/mol. The van der Waals surface area contributed by atoms with Gasteiger partial charge >= 0.3 is 0 Å². The number of nitrogens with one attached hydrogen (secondary N) is 1. The smallest absolute Gasteiger partial charge is 0.0108 e. The Bertz CT molecular complexity index is 269. The van der Waals surface area contributed by atoms with E-state index in [0.29, 0.717) is 12.0 Å². The quantitative estimate of drug-likeness (QED) is 0.835. The van der Waals surface area contributed by atoms with Gasteiger partial charge in [0, 0.05) is 24.2 Å². The number of rotatable bonds is 4. The molecule has 1 fully saturated rings. The molecule has 0 aromatic carbocycles. The molecule has 5 atom stereocenters. The van der Waals surface area contributed by atoms with Crippen LogP contribution in [0.15, 0.2) is 0 Å². The summed E-state index contributed by atoms with van der Waals surface area (Å²) in [6, 6.07) is 1.39. The maximum Gasteiger partial charge on any atom is 0.0108 e. The first-order valence-corrected chi connectivity index (χ1v) is 8.12. The third-order valence-corrected chi connectivity index (χ3v) is 4.94. The molecular weight excluding hydrogens is 232 g/mol. The molecule has 2 nitrogen and oxygen atoms in total. The molecule has 1 N–H and O–H groups in total. The van der Waals surface area contributed by atoms with E-state index >= 15 is 0 Å². The highest BCUT2D eigenvalue weighted by atomic mass is 15.2. The van der Waals surface area contributed by atoms with Crippen molar-refractivity contribution in [3.8, 4) is 0 Å². The predicted molar refractivity (Wildman–Crippen MR) is 85.5 cm³/mol. The van der Waals surface area contributed by atoms with Crippen LogP contribution in [-0.4, -0.2) is 35.6 Å². The molecule has 19 heavy (non-hydrogen) atoms. The summed E-state index contributed by atoms with van der Waals surface area (Å²) >= 11 is 0. The summed E-state index contributed by atoms with van der Waals surface area (Å²) in [5.74, 6) is 2.37. The Balaban J connectivity index is 2.57. The van der Waals surface area contributed by atoms with Crippen LogP contribution in [0.4, 0.5) is 0 Å². The van der Waals surface area contributed by atoms with Gasteiger partial charge in [0.1, 0.15) is 0 Å². The molecule has 0 amide bonds. The summed E-state index contributed by atoms with van der Waals surface area (Å²) in [6.07, 6.45) is 1.39. The van der Waals surface area contributed by atoms with E-state index in [4.69, 9.17) is 0 Å². The van der Waals surface area contributed by atoms with E-state index in [9.17, 15) is 0 Å². The van der Waals surface area contributed by atoms with Crippen molar-refractivity contribution >= 4 is 0 Å². The molecular formula is C17H36N2. The fourth-order valence-electron chi connectivity index (χ4n) is 3.26. The highest BCUT2D eigenvalue weighted by Gasteiger charge is 2.33. The van der Waals surface area contributed by atoms with Crippen LogP contribution in [-0.2, 0) is 0 Å². The zero-order valence-corrected chi connectivity index (χ0v) is 14.5. The minimum atomic E-state index is 0.224. The van der Waals surface area contributed by atoms with E-state index in [2.05, 4.69) is 65.6 Å². The minimum Gasteiger partial charge on any atom is -0.312 e. The Kier molecular flexibility index (Phi) is 5.88. The van der Waals surface area contributed by atoms with Gasteiger partial charge in [0.2, 0.25) is 0 Å². The number of likely N-dealkylation sites (tertiary alicyclic amines) is 1. The third kappa shape index (κ3) is 5.07. The van der Waals surface area contributed by atoms with Gasteiger partial charge in [-0.3, -0.25) is 4.90 Å². The van der Waals surface area contributed by atoms with Crippen LogP contribution in [0.1, 0.15) is 61.8 Å². The first-order valence-electron chi connectivity index (χ1n) is 8.12. The van der Waals surface area contributed by atoms with E-state index in [1.54, 1.807) is 0 Å². The van der Waals surface area contributed by atoms with Gasteiger partial charge in [-0.25, -0.2) is 0 Å². The second kappa shape index (κ2) is 6.58. The standard InChI is InChI=1S/C17H36N2/c1-12-9-13(2)15(4)19(11-12)16(5)14(3)10-18-17(6,7)8/h12-16,18H,9-11H2,1-8H3. The van der Waals surface area contributed by atoms with Crippen molar-refractivity contribution in [3.63, 3.8) is 0 Å². The lowest BCUT2D eigenvalue weighted by Gasteiger charge is -2.46. The van der Waals surface area contributed by atoms with Crippen molar-refractivity contribution in [2.24, 2.45) is 17.8 Å². The molecule has 1 saturated heterocycles. The molecule has 0 spiro atoms. The summed E-state index contributed by atoms with van der Waals surface area (Å²) in [5.41, 5.74) is 0.224. The van der Waals surface area contributed by atoms with E-state index in [0.717, 1.165) is 24.4 Å². The Morgan fingerprint density at radius 2 is 1.74 bits per heavy atom. The molecule has 0 aromatic rings. The third-order valence-electron chi connectivity index (χ3n) is 4.94. The van der Waals surface area contributed by atoms with Crippen molar-refractivity contribution in [1.82, 2.24) is 10.2 Å². The van der Waals surface area contributed by atoms with Crippen LogP contribution in [0.25, 0.3) is 0 Å². The molecule has 1 aliphatic heterocycles. The predicted octanol–water partition coefficient (Wildman–Crippen LogP) is 3.77. The van der Waals surface area contributed by atoms with Gasteiger partial charge in [-0.2, -0.15) is 0 Å². The number of piperidine rings is 1. The van der Waals surface area contributed by atoms with Crippen LogP contribution in [0.2, 0.25) is 0 Å². The molecule has 0 saturated carbocycles. The molecule has 114 valence electrons. The Morgan fingerprint density at radius 3 is 2.26 bits per heavy atom. The average Bonchev–Trinajstić information content (AvgIpc) is 2.28. The summed E-state index contributed by atoms with van der Waals surface area (Å²) in [5, 5.41) is 3.65. The molecule has 5 unspecified atom stereocenters. The topological polar surface area (TPSA) is 15.3 Å². The van der Waals surface area contributed by atoms with E-state index < -0.39 is 0 Å². The van der Waals surface area contributed by atoms with Gasteiger partial charge in [-0.1, -0.05) is 20.8 Å². The van der Waals surface area contributed by atoms with Crippen LogP contribution in [0, 0.1) is 17.8 Å². The van der Waals surface area contributed by atoms with Crippen LogP contribution in [0.5, 0.6) is 0 Å². The molecule has 1 heterocycles. The van der Waals surface area contributed by atoms with Crippen molar-refractivity contribution in [2.75, 3.05) is 13.1 Å². The largest absolute Gasteiger partial charge is 0.312 e. The van der Waals surface area contributed by atoms with Gasteiger partial charge in [0.05, 0.1) is 0 Å². The lowest BCUT2D eigenvalue weighted by atomic mass is 9.83. The maximum atomic E-state index is 3.65. The number of hydrogen-bond donors (Lipinski definition) is 1. The fourth-order valence-corrected chi connectivity index (χ4v) is 3.26. The molecule has 1 rings (SSSR count). The molecule has 0 aliphatic carbocycles. The Labute approximate surface area is 121 Å². The minimum absolute atomic E-state index is 0.224. The van der Waals surface area contributed by atoms with E-state index in [1.807, 2.05) is 0 Å².